The fourth-order valence-electron chi connectivity index (χ4n) is 10.6. The minimum absolute atomic E-state index is 0.0159. The Bertz CT molecular complexity index is 3450. The third-order valence-electron chi connectivity index (χ3n) is 14.2. The Morgan fingerprint density at radius 1 is 0.955 bits per heavy atom. The van der Waals surface area contributed by atoms with Gasteiger partial charge >= 0.3 is 11.4 Å². The van der Waals surface area contributed by atoms with Crippen LogP contribution in [0.15, 0.2) is 75.3 Å². The Kier molecular flexibility index (Phi) is 8.73. The molecule has 1 saturated heterocycles. The van der Waals surface area contributed by atoms with Gasteiger partial charge in [0.2, 0.25) is 0 Å². The van der Waals surface area contributed by atoms with Crippen molar-refractivity contribution in [2.24, 2.45) is 7.05 Å². The lowest BCUT2D eigenvalue weighted by molar-refractivity contribution is -0.0599. The highest BCUT2D eigenvalue weighted by Gasteiger charge is 2.54. The largest absolute Gasteiger partial charge is 0.438 e. The summed E-state index contributed by atoms with van der Waals surface area (Å²) < 4.78 is 66.3. The Hall–Kier alpha value is -7.02. The molecule has 2 saturated carbocycles. The zero-order valence-electron chi connectivity index (χ0n) is 36.5. The number of benzene rings is 2. The van der Waals surface area contributed by atoms with Crippen LogP contribution in [0, 0.1) is 17.5 Å². The van der Waals surface area contributed by atoms with E-state index < -0.39 is 46.0 Å². The lowest BCUT2D eigenvalue weighted by atomic mass is 9.86. The first-order valence-electron chi connectivity index (χ1n) is 22.3. The van der Waals surface area contributed by atoms with Crippen molar-refractivity contribution in [3.8, 4) is 17.2 Å². The molecule has 8 aromatic rings. The van der Waals surface area contributed by atoms with E-state index in [1.165, 1.54) is 50.4 Å². The molecular weight excluding hydrogens is 856 g/mol. The van der Waals surface area contributed by atoms with E-state index in [1.807, 2.05) is 20.8 Å². The van der Waals surface area contributed by atoms with Crippen LogP contribution in [0.4, 0.5) is 13.2 Å². The van der Waals surface area contributed by atoms with Gasteiger partial charge in [0.05, 0.1) is 62.5 Å². The number of imidazole rings is 1. The molecule has 3 fully saturated rings. The highest BCUT2D eigenvalue weighted by atomic mass is 19.1. The minimum Gasteiger partial charge on any atom is -0.376 e. The number of amides is 1. The number of nitrogens with zero attached hydrogens (tertiary/aromatic N) is 10. The lowest BCUT2D eigenvalue weighted by Gasteiger charge is -2.35. The van der Waals surface area contributed by atoms with Gasteiger partial charge in [0, 0.05) is 62.3 Å². The molecule has 0 bridgehead atoms. The quantitative estimate of drug-likeness (QED) is 0.172. The summed E-state index contributed by atoms with van der Waals surface area (Å²) in [6.45, 7) is 6.52. The summed E-state index contributed by atoms with van der Waals surface area (Å²) in [4.78, 5) is 46.8. The smallest absolute Gasteiger partial charge is 0.376 e. The van der Waals surface area contributed by atoms with Crippen molar-refractivity contribution in [2.75, 3.05) is 13.2 Å². The van der Waals surface area contributed by atoms with E-state index >= 15 is 18.0 Å². The summed E-state index contributed by atoms with van der Waals surface area (Å²) >= 11 is 0. The van der Waals surface area contributed by atoms with Crippen molar-refractivity contribution in [1.29, 1.82) is 0 Å². The first-order chi connectivity index (χ1) is 31.7. The van der Waals surface area contributed by atoms with Gasteiger partial charge in [-0.2, -0.15) is 15.3 Å². The number of aromatic nitrogens is 10. The molecule has 12 rings (SSSR count). The van der Waals surface area contributed by atoms with E-state index in [-0.39, 0.29) is 58.6 Å². The molecule has 0 radical (unpaired) electrons. The standard InChI is InChI=1S/C47H44F3N11O5/c1-24-37-33(54-61(27-7-8-31(48)28(19-27)25-5-6-25)41(37)59-17-16-58(45(59)64)36-10-9-35-29(39(36)50)22-51-56(35)4)11-15-57(24)42(62)30-23-60-40(38(30)47(13-14-47)43-52-44(63)66-55-43)32(49)20-34(53-60)26-12-18-65-46(2,3)21-26/h7-10,16-17,19-20,22-26H,5-6,11-15,18,21H2,1-4H3,(H,52,55,63)/t24-,26+/m0/s1. The average Bonchev–Trinajstić information content (AvgIpc) is 4.03. The maximum absolute atomic E-state index is 16.9. The molecule has 6 aromatic heterocycles. The van der Waals surface area contributed by atoms with Crippen LogP contribution in [0.5, 0.6) is 0 Å². The molecule has 2 aromatic carbocycles. The van der Waals surface area contributed by atoms with Crippen molar-refractivity contribution < 1.29 is 27.2 Å². The molecule has 1 N–H and O–H groups in total. The molecule has 4 aliphatic rings. The molecule has 338 valence electrons. The maximum Gasteiger partial charge on any atom is 0.438 e. The number of ether oxygens (including phenoxy) is 1. The molecule has 2 atom stereocenters. The molecule has 8 heterocycles. The van der Waals surface area contributed by atoms with Gasteiger partial charge in [0.15, 0.2) is 17.5 Å². The topological polar surface area (TPSA) is 168 Å². The monoisotopic (exact) mass is 899 g/mol. The zero-order valence-corrected chi connectivity index (χ0v) is 36.5. The predicted molar refractivity (Wildman–Crippen MR) is 232 cm³/mol. The highest BCUT2D eigenvalue weighted by molar-refractivity contribution is 5.99. The lowest BCUT2D eigenvalue weighted by Crippen LogP contribution is -2.40. The molecule has 0 spiro atoms. The number of nitrogens with one attached hydrogen (secondary N) is 1. The van der Waals surface area contributed by atoms with Crippen LogP contribution >= 0.6 is 0 Å². The number of aryl methyl sites for hydroxylation is 1. The van der Waals surface area contributed by atoms with Crippen molar-refractivity contribution in [3.05, 3.63) is 139 Å². The number of hydrogen-bond donors (Lipinski definition) is 1. The third-order valence-corrected chi connectivity index (χ3v) is 14.2. The van der Waals surface area contributed by atoms with Crippen LogP contribution in [0.3, 0.4) is 0 Å². The van der Waals surface area contributed by atoms with Gasteiger partial charge < -0.3 is 9.64 Å². The molecule has 19 heteroatoms. The van der Waals surface area contributed by atoms with Gasteiger partial charge in [-0.15, -0.1) is 0 Å². The fraction of sp³-hybridized carbons (Fsp3) is 0.383. The first kappa shape index (κ1) is 40.5. The summed E-state index contributed by atoms with van der Waals surface area (Å²) in [6, 6.07) is 8.67. The molecule has 1 amide bonds. The number of aromatic amines is 1. The summed E-state index contributed by atoms with van der Waals surface area (Å²) in [5.41, 5.74) is 1.87. The van der Waals surface area contributed by atoms with Crippen LogP contribution in [0.1, 0.15) is 121 Å². The van der Waals surface area contributed by atoms with Crippen molar-refractivity contribution in [1.82, 2.24) is 53.3 Å². The number of rotatable bonds is 8. The molecule has 66 heavy (non-hydrogen) atoms. The summed E-state index contributed by atoms with van der Waals surface area (Å²) in [5.74, 6) is -2.27. The van der Waals surface area contributed by atoms with Crippen LogP contribution in [0.2, 0.25) is 0 Å². The SMILES string of the molecule is C[C@H]1c2c(nn(-c3ccc(F)c(C4CC4)c3)c2-n2ccn(-c3ccc4c(cnn4C)c3F)c2=O)CCN1C(=O)c1cn2nc([C@@H]3CCOC(C)(C)C3)cc(F)c2c1C1(c2noc(=O)[nH]2)CC1. The Labute approximate surface area is 373 Å². The number of H-pyrrole nitrogens is 1. The van der Waals surface area contributed by atoms with Crippen LogP contribution in [0.25, 0.3) is 33.6 Å². The van der Waals surface area contributed by atoms with E-state index in [9.17, 15) is 9.59 Å². The predicted octanol–water partition coefficient (Wildman–Crippen LogP) is 6.83. The summed E-state index contributed by atoms with van der Waals surface area (Å²) in [7, 11) is 1.70. The second kappa shape index (κ2) is 14.2. The Morgan fingerprint density at radius 3 is 2.50 bits per heavy atom. The van der Waals surface area contributed by atoms with Crippen LogP contribution in [-0.4, -0.2) is 78.0 Å². The van der Waals surface area contributed by atoms with E-state index in [0.717, 1.165) is 12.8 Å². The normalized spacial score (nSPS) is 20.1. The second-order valence-electron chi connectivity index (χ2n) is 18.9. The van der Waals surface area contributed by atoms with Gasteiger partial charge in [-0.1, -0.05) is 5.16 Å². The maximum atomic E-state index is 16.9. The molecular formula is C47H44F3N11O5. The van der Waals surface area contributed by atoms with E-state index in [2.05, 4.69) is 15.2 Å². The third kappa shape index (κ3) is 6.11. The van der Waals surface area contributed by atoms with E-state index in [4.69, 9.17) is 19.5 Å². The molecule has 2 aliphatic heterocycles. The first-order valence-corrected chi connectivity index (χ1v) is 22.3. The zero-order chi connectivity index (χ0) is 45.6. The number of halogens is 3. The van der Waals surface area contributed by atoms with Gasteiger partial charge in [-0.25, -0.2) is 32.0 Å². The van der Waals surface area contributed by atoms with Gasteiger partial charge in [0.1, 0.15) is 17.2 Å². The van der Waals surface area contributed by atoms with Crippen molar-refractivity contribution >= 4 is 22.3 Å². The van der Waals surface area contributed by atoms with Crippen LogP contribution < -0.4 is 11.4 Å². The van der Waals surface area contributed by atoms with Gasteiger partial charge in [-0.3, -0.25) is 28.1 Å². The van der Waals surface area contributed by atoms with E-state index in [1.54, 1.807) is 45.7 Å². The summed E-state index contributed by atoms with van der Waals surface area (Å²) in [6.07, 6.45) is 10.1. The number of hydrogen-bond acceptors (Lipinski definition) is 9. The number of fused-ring (bicyclic) bond motifs is 3. The minimum atomic E-state index is -1.04. The number of carbonyl (C=O) groups is 1. The molecule has 0 unspecified atom stereocenters. The molecule has 16 nitrogen and oxygen atoms in total. The summed E-state index contributed by atoms with van der Waals surface area (Å²) in [5, 5.41) is 18.4. The van der Waals surface area contributed by atoms with Crippen molar-refractivity contribution in [3.63, 3.8) is 0 Å². The Morgan fingerprint density at radius 2 is 1.76 bits per heavy atom. The van der Waals surface area contributed by atoms with Crippen LogP contribution in [-0.2, 0) is 23.6 Å². The fourth-order valence-corrected chi connectivity index (χ4v) is 10.6. The second-order valence-corrected chi connectivity index (χ2v) is 18.9. The molecule has 2 aliphatic carbocycles. The number of carbonyl (C=O) groups excluding carboxylic acids is 1. The highest BCUT2D eigenvalue weighted by Crippen LogP contribution is 2.55. The van der Waals surface area contributed by atoms with Gasteiger partial charge in [0.25, 0.3) is 5.91 Å². The van der Waals surface area contributed by atoms with E-state index in [0.29, 0.717) is 77.4 Å². The van der Waals surface area contributed by atoms with Crippen molar-refractivity contribution in [2.45, 2.75) is 94.6 Å². The van der Waals surface area contributed by atoms with Gasteiger partial charge in [-0.05, 0) is 107 Å². The average molecular weight is 900 g/mol. The Balaban J connectivity index is 1.00.